The van der Waals surface area contributed by atoms with Crippen LogP contribution in [0.15, 0.2) is 17.0 Å². The molecule has 0 aliphatic carbocycles. The van der Waals surface area contributed by atoms with E-state index in [4.69, 9.17) is 10.00 Å². The molecular weight excluding hydrogens is 226 g/mol. The number of carbonyl (C=O) groups excluding carboxylic acids is 2. The van der Waals surface area contributed by atoms with Crippen LogP contribution in [0.2, 0.25) is 0 Å². The Morgan fingerprint density at radius 1 is 1.62 bits per heavy atom. The lowest BCUT2D eigenvalue weighted by Gasteiger charge is -2.05. The van der Waals surface area contributed by atoms with Gasteiger partial charge in [0.25, 0.3) is 0 Å². The molecule has 1 aromatic carbocycles. The number of aldehydes is 1. The van der Waals surface area contributed by atoms with Crippen LogP contribution in [0.5, 0.6) is 0 Å². The number of rotatable bonds is 3. The van der Waals surface area contributed by atoms with Crippen LogP contribution in [0.1, 0.15) is 33.2 Å². The zero-order chi connectivity index (χ0) is 12.1. The fourth-order valence-electron chi connectivity index (χ4n) is 1.19. The summed E-state index contributed by atoms with van der Waals surface area (Å²) in [4.78, 5) is 22.4. The molecule has 1 aromatic rings. The monoisotopic (exact) mass is 235 g/mol. The fourth-order valence-corrected chi connectivity index (χ4v) is 1.50. The summed E-state index contributed by atoms with van der Waals surface area (Å²) in [5.41, 5.74) is 0.512. The predicted molar refractivity (Wildman–Crippen MR) is 59.8 cm³/mol. The van der Waals surface area contributed by atoms with E-state index in [9.17, 15) is 9.59 Å². The number of ether oxygens (including phenoxy) is 1. The van der Waals surface area contributed by atoms with Gasteiger partial charge in [0.2, 0.25) is 0 Å². The van der Waals surface area contributed by atoms with Crippen molar-refractivity contribution >= 4 is 24.9 Å². The Balaban J connectivity index is 3.27. The maximum Gasteiger partial charge on any atom is 0.338 e. The third-order valence-electron chi connectivity index (χ3n) is 1.91. The van der Waals surface area contributed by atoms with Crippen LogP contribution in [-0.2, 0) is 4.74 Å². The third kappa shape index (κ3) is 2.41. The van der Waals surface area contributed by atoms with Gasteiger partial charge in [0.05, 0.1) is 23.8 Å². The van der Waals surface area contributed by atoms with Gasteiger partial charge in [-0.25, -0.2) is 4.79 Å². The van der Waals surface area contributed by atoms with Crippen LogP contribution in [0.4, 0.5) is 0 Å². The van der Waals surface area contributed by atoms with Gasteiger partial charge in [0.15, 0.2) is 6.29 Å². The molecule has 0 N–H and O–H groups in total. The van der Waals surface area contributed by atoms with Crippen molar-refractivity contribution in [3.05, 3.63) is 28.8 Å². The van der Waals surface area contributed by atoms with E-state index < -0.39 is 5.97 Å². The standard InChI is InChI=1S/C11H9NO3S/c1-2-15-11(14)7-3-8(5-12)9(6-13)10(16)4-7/h3-4,6,16H,2H2,1H3. The summed E-state index contributed by atoms with van der Waals surface area (Å²) < 4.78 is 4.79. The highest BCUT2D eigenvalue weighted by Crippen LogP contribution is 2.19. The second-order valence-electron chi connectivity index (χ2n) is 2.91. The number of thiol groups is 1. The van der Waals surface area contributed by atoms with Crippen LogP contribution in [0.25, 0.3) is 0 Å². The second kappa shape index (κ2) is 5.33. The van der Waals surface area contributed by atoms with Gasteiger partial charge in [-0.2, -0.15) is 5.26 Å². The van der Waals surface area contributed by atoms with Gasteiger partial charge in [-0.15, -0.1) is 12.6 Å². The highest BCUT2D eigenvalue weighted by Gasteiger charge is 2.13. The van der Waals surface area contributed by atoms with Gasteiger partial charge in [-0.1, -0.05) is 0 Å². The van der Waals surface area contributed by atoms with Crippen LogP contribution >= 0.6 is 12.6 Å². The molecule has 16 heavy (non-hydrogen) atoms. The SMILES string of the molecule is CCOC(=O)c1cc(S)c(C=O)c(C#N)c1. The molecule has 1 rings (SSSR count). The normalized spacial score (nSPS) is 9.31. The minimum absolute atomic E-state index is 0.116. The quantitative estimate of drug-likeness (QED) is 0.493. The van der Waals surface area contributed by atoms with E-state index in [1.807, 2.05) is 6.07 Å². The smallest absolute Gasteiger partial charge is 0.338 e. The Morgan fingerprint density at radius 3 is 2.81 bits per heavy atom. The van der Waals surface area contributed by atoms with Gasteiger partial charge >= 0.3 is 5.97 Å². The molecule has 0 saturated carbocycles. The van der Waals surface area contributed by atoms with E-state index >= 15 is 0 Å². The van der Waals surface area contributed by atoms with Gasteiger partial charge in [-0.05, 0) is 19.1 Å². The van der Waals surface area contributed by atoms with Crippen molar-refractivity contribution < 1.29 is 14.3 Å². The topological polar surface area (TPSA) is 67.2 Å². The molecule has 82 valence electrons. The van der Waals surface area contributed by atoms with E-state index in [1.54, 1.807) is 6.92 Å². The molecule has 0 bridgehead atoms. The first kappa shape index (κ1) is 12.3. The summed E-state index contributed by atoms with van der Waals surface area (Å²) in [5.74, 6) is -0.535. The summed E-state index contributed by atoms with van der Waals surface area (Å²) in [6.07, 6.45) is 0.538. The van der Waals surface area contributed by atoms with Gasteiger partial charge in [0, 0.05) is 10.5 Å². The average molecular weight is 235 g/mol. The molecule has 0 spiro atoms. The van der Waals surface area contributed by atoms with E-state index in [1.165, 1.54) is 12.1 Å². The minimum atomic E-state index is -0.535. The van der Waals surface area contributed by atoms with Crippen LogP contribution in [0.3, 0.4) is 0 Å². The number of esters is 1. The maximum absolute atomic E-state index is 11.4. The van der Waals surface area contributed by atoms with Crippen molar-refractivity contribution in [1.29, 1.82) is 5.26 Å². The Kier molecular flexibility index (Phi) is 4.09. The fraction of sp³-hybridized carbons (Fsp3) is 0.182. The summed E-state index contributed by atoms with van der Waals surface area (Å²) in [6, 6.07) is 4.57. The molecule has 0 atom stereocenters. The number of nitrogens with zero attached hydrogens (tertiary/aromatic N) is 1. The number of nitriles is 1. The zero-order valence-electron chi connectivity index (χ0n) is 8.56. The maximum atomic E-state index is 11.4. The Bertz CT molecular complexity index is 477. The van der Waals surface area contributed by atoms with Crippen molar-refractivity contribution in [1.82, 2.24) is 0 Å². The molecule has 0 aliphatic rings. The zero-order valence-corrected chi connectivity index (χ0v) is 9.45. The van der Waals surface area contributed by atoms with Crippen molar-refractivity contribution in [2.45, 2.75) is 11.8 Å². The van der Waals surface area contributed by atoms with Crippen molar-refractivity contribution in [3.8, 4) is 6.07 Å². The molecule has 0 saturated heterocycles. The first-order chi connectivity index (χ1) is 7.63. The molecule has 0 radical (unpaired) electrons. The molecule has 4 nitrogen and oxygen atoms in total. The number of benzene rings is 1. The molecule has 5 heteroatoms. The highest BCUT2D eigenvalue weighted by molar-refractivity contribution is 7.80. The van der Waals surface area contributed by atoms with Crippen molar-refractivity contribution in [2.24, 2.45) is 0 Å². The predicted octanol–water partition coefficient (Wildman–Crippen LogP) is 1.84. The van der Waals surface area contributed by atoms with Crippen LogP contribution < -0.4 is 0 Å². The number of hydrogen-bond acceptors (Lipinski definition) is 5. The largest absolute Gasteiger partial charge is 0.462 e. The molecule has 0 unspecified atom stereocenters. The lowest BCUT2D eigenvalue weighted by atomic mass is 10.1. The first-order valence-electron chi connectivity index (χ1n) is 4.53. The van der Waals surface area contributed by atoms with Crippen LogP contribution in [0, 0.1) is 11.3 Å². The van der Waals surface area contributed by atoms with Gasteiger partial charge in [-0.3, -0.25) is 4.79 Å². The third-order valence-corrected chi connectivity index (χ3v) is 2.28. The summed E-state index contributed by atoms with van der Waals surface area (Å²) in [7, 11) is 0. The molecule has 0 heterocycles. The molecule has 0 fully saturated rings. The molecular formula is C11H9NO3S. The summed E-state index contributed by atoms with van der Waals surface area (Å²) in [6.45, 7) is 1.93. The van der Waals surface area contributed by atoms with Gasteiger partial charge in [0.1, 0.15) is 0 Å². The van der Waals surface area contributed by atoms with E-state index in [2.05, 4.69) is 12.6 Å². The average Bonchev–Trinajstić information content (AvgIpc) is 2.28. The first-order valence-corrected chi connectivity index (χ1v) is 4.98. The van der Waals surface area contributed by atoms with Crippen molar-refractivity contribution in [2.75, 3.05) is 6.61 Å². The van der Waals surface area contributed by atoms with E-state index in [-0.39, 0.29) is 28.2 Å². The van der Waals surface area contributed by atoms with E-state index in [0.717, 1.165) is 0 Å². The lowest BCUT2D eigenvalue weighted by molar-refractivity contribution is 0.0525. The number of carbonyl (C=O) groups is 2. The summed E-state index contributed by atoms with van der Waals surface area (Å²) in [5, 5.41) is 8.82. The Hall–Kier alpha value is -1.80. The van der Waals surface area contributed by atoms with Gasteiger partial charge < -0.3 is 4.74 Å². The second-order valence-corrected chi connectivity index (χ2v) is 3.39. The molecule has 0 amide bonds. The highest BCUT2D eigenvalue weighted by atomic mass is 32.1. The summed E-state index contributed by atoms with van der Waals surface area (Å²) >= 11 is 4.04. The number of hydrogen-bond donors (Lipinski definition) is 1. The Morgan fingerprint density at radius 2 is 2.31 bits per heavy atom. The Labute approximate surface area is 98.2 Å². The minimum Gasteiger partial charge on any atom is -0.462 e. The molecule has 0 aliphatic heterocycles. The lowest BCUT2D eigenvalue weighted by Crippen LogP contribution is -2.06. The van der Waals surface area contributed by atoms with Crippen LogP contribution in [-0.4, -0.2) is 18.9 Å². The van der Waals surface area contributed by atoms with Crippen molar-refractivity contribution in [3.63, 3.8) is 0 Å². The van der Waals surface area contributed by atoms with E-state index in [0.29, 0.717) is 6.29 Å². The molecule has 0 aromatic heterocycles.